The summed E-state index contributed by atoms with van der Waals surface area (Å²) in [5.41, 5.74) is 1.18. The molecule has 0 saturated carbocycles. The normalized spacial score (nSPS) is 10.6. The van der Waals surface area contributed by atoms with Gasteiger partial charge in [0, 0.05) is 18.1 Å². The zero-order valence-electron chi connectivity index (χ0n) is 13.2. The fourth-order valence-corrected chi connectivity index (χ4v) is 3.20. The van der Waals surface area contributed by atoms with Gasteiger partial charge in [-0.05, 0) is 24.3 Å². The number of hydrogen-bond acceptors (Lipinski definition) is 9. The Bertz CT molecular complexity index is 1050. The molecule has 26 heavy (non-hydrogen) atoms. The molecule has 1 aromatic carbocycles. The van der Waals surface area contributed by atoms with Gasteiger partial charge in [0.05, 0.1) is 15.1 Å². The van der Waals surface area contributed by atoms with Crippen LogP contribution in [0, 0.1) is 10.1 Å². The first kappa shape index (κ1) is 15.8. The van der Waals surface area contributed by atoms with E-state index in [2.05, 4.69) is 30.6 Å². The van der Waals surface area contributed by atoms with Crippen LogP contribution in [0.15, 0.2) is 55.1 Å². The molecular weight excluding hydrogens is 354 g/mol. The summed E-state index contributed by atoms with van der Waals surface area (Å²) in [6.45, 7) is 0. The highest BCUT2D eigenvalue weighted by molar-refractivity contribution is 7.22. The Kier molecular flexibility index (Phi) is 4.07. The predicted molar refractivity (Wildman–Crippen MR) is 99.1 cm³/mol. The molecule has 10 heteroatoms. The third-order valence-corrected chi connectivity index (χ3v) is 4.42. The SMILES string of the molecule is O=[N+]([O-])c1c(Nc2ccncc2)ncnc1Nc1nc2ccccc2s1. The van der Waals surface area contributed by atoms with Crippen LogP contribution in [-0.2, 0) is 0 Å². The van der Waals surface area contributed by atoms with Crippen LogP contribution in [0.3, 0.4) is 0 Å². The van der Waals surface area contributed by atoms with Gasteiger partial charge in [0.25, 0.3) is 0 Å². The van der Waals surface area contributed by atoms with Gasteiger partial charge < -0.3 is 10.6 Å². The number of para-hydroxylation sites is 1. The summed E-state index contributed by atoms with van der Waals surface area (Å²) in [7, 11) is 0. The van der Waals surface area contributed by atoms with Gasteiger partial charge in [-0.1, -0.05) is 23.5 Å². The number of aromatic nitrogens is 4. The zero-order chi connectivity index (χ0) is 17.9. The first-order chi connectivity index (χ1) is 12.7. The number of thiazole rings is 1. The molecule has 3 heterocycles. The highest BCUT2D eigenvalue weighted by Crippen LogP contribution is 2.34. The highest BCUT2D eigenvalue weighted by atomic mass is 32.1. The van der Waals surface area contributed by atoms with Gasteiger partial charge in [0.2, 0.25) is 11.6 Å². The number of nitrogens with zero attached hydrogens (tertiary/aromatic N) is 5. The maximum Gasteiger partial charge on any atom is 0.353 e. The third-order valence-electron chi connectivity index (χ3n) is 3.47. The fourth-order valence-electron chi connectivity index (χ4n) is 2.33. The van der Waals surface area contributed by atoms with E-state index >= 15 is 0 Å². The fraction of sp³-hybridized carbons (Fsp3) is 0. The van der Waals surface area contributed by atoms with Crippen molar-refractivity contribution in [2.45, 2.75) is 0 Å². The average molecular weight is 365 g/mol. The van der Waals surface area contributed by atoms with Crippen LogP contribution in [0.25, 0.3) is 10.2 Å². The Morgan fingerprint density at radius 2 is 1.73 bits per heavy atom. The molecule has 0 radical (unpaired) electrons. The topological polar surface area (TPSA) is 119 Å². The van der Waals surface area contributed by atoms with E-state index in [9.17, 15) is 10.1 Å². The minimum atomic E-state index is -0.529. The number of benzene rings is 1. The first-order valence-corrected chi connectivity index (χ1v) is 8.31. The second-order valence-electron chi connectivity index (χ2n) is 5.15. The van der Waals surface area contributed by atoms with Crippen molar-refractivity contribution < 1.29 is 4.92 Å². The van der Waals surface area contributed by atoms with Crippen molar-refractivity contribution in [2.24, 2.45) is 0 Å². The molecule has 0 bridgehead atoms. The van der Waals surface area contributed by atoms with Crippen molar-refractivity contribution >= 4 is 49.7 Å². The highest BCUT2D eigenvalue weighted by Gasteiger charge is 2.24. The summed E-state index contributed by atoms with van der Waals surface area (Å²) >= 11 is 1.39. The summed E-state index contributed by atoms with van der Waals surface area (Å²) in [5.74, 6) is 0.153. The number of nitro groups is 1. The number of rotatable bonds is 5. The van der Waals surface area contributed by atoms with E-state index < -0.39 is 4.92 Å². The number of nitrogens with one attached hydrogen (secondary N) is 2. The van der Waals surface area contributed by atoms with E-state index in [0.717, 1.165) is 10.2 Å². The van der Waals surface area contributed by atoms with Crippen LogP contribution >= 0.6 is 11.3 Å². The van der Waals surface area contributed by atoms with E-state index in [-0.39, 0.29) is 17.3 Å². The van der Waals surface area contributed by atoms with Gasteiger partial charge in [-0.25, -0.2) is 15.0 Å². The Morgan fingerprint density at radius 3 is 2.46 bits per heavy atom. The molecule has 4 aromatic rings. The van der Waals surface area contributed by atoms with Crippen molar-refractivity contribution in [1.82, 2.24) is 19.9 Å². The largest absolute Gasteiger partial charge is 0.353 e. The van der Waals surface area contributed by atoms with Crippen LogP contribution in [0.1, 0.15) is 0 Å². The number of anilines is 4. The molecule has 128 valence electrons. The maximum atomic E-state index is 11.6. The van der Waals surface area contributed by atoms with Gasteiger partial charge in [-0.2, -0.15) is 0 Å². The molecule has 4 rings (SSSR count). The molecule has 3 aromatic heterocycles. The van der Waals surface area contributed by atoms with Crippen molar-refractivity contribution in [2.75, 3.05) is 10.6 Å². The van der Waals surface area contributed by atoms with Gasteiger partial charge in [-0.3, -0.25) is 15.1 Å². The second-order valence-corrected chi connectivity index (χ2v) is 6.18. The minimum absolute atomic E-state index is 0.0700. The molecule has 0 unspecified atom stereocenters. The van der Waals surface area contributed by atoms with Gasteiger partial charge >= 0.3 is 5.69 Å². The molecule has 0 atom stereocenters. The Labute approximate surface area is 150 Å². The Hall–Kier alpha value is -3.66. The lowest BCUT2D eigenvalue weighted by atomic mass is 10.3. The second kappa shape index (κ2) is 6.69. The summed E-state index contributed by atoms with van der Waals surface area (Å²) < 4.78 is 0.974. The molecule has 0 aliphatic heterocycles. The smallest absolute Gasteiger partial charge is 0.334 e. The molecule has 0 amide bonds. The van der Waals surface area contributed by atoms with E-state index in [4.69, 9.17) is 0 Å². The molecule has 0 aliphatic rings. The van der Waals surface area contributed by atoms with Gasteiger partial charge in [0.1, 0.15) is 6.33 Å². The molecule has 2 N–H and O–H groups in total. The van der Waals surface area contributed by atoms with Crippen LogP contribution < -0.4 is 10.6 Å². The lowest BCUT2D eigenvalue weighted by Crippen LogP contribution is -2.05. The van der Waals surface area contributed by atoms with Crippen molar-refractivity contribution in [3.8, 4) is 0 Å². The summed E-state index contributed by atoms with van der Waals surface area (Å²) in [5, 5.41) is 18.0. The lowest BCUT2D eigenvalue weighted by Gasteiger charge is -2.08. The number of hydrogen-bond donors (Lipinski definition) is 2. The number of fused-ring (bicyclic) bond motifs is 1. The quantitative estimate of drug-likeness (QED) is 0.404. The maximum absolute atomic E-state index is 11.6. The van der Waals surface area contributed by atoms with Crippen molar-refractivity contribution in [3.05, 3.63) is 65.2 Å². The third kappa shape index (κ3) is 3.13. The summed E-state index contributed by atoms with van der Waals surface area (Å²) in [4.78, 5) is 27.4. The van der Waals surface area contributed by atoms with Crippen LogP contribution in [0.5, 0.6) is 0 Å². The minimum Gasteiger partial charge on any atom is -0.334 e. The van der Waals surface area contributed by atoms with Gasteiger partial charge in [-0.15, -0.1) is 0 Å². The lowest BCUT2D eigenvalue weighted by molar-refractivity contribution is -0.383. The molecule has 0 saturated heterocycles. The monoisotopic (exact) mass is 365 g/mol. The van der Waals surface area contributed by atoms with E-state index in [1.165, 1.54) is 17.7 Å². The molecule has 9 nitrogen and oxygen atoms in total. The molecule has 0 fully saturated rings. The molecule has 0 spiro atoms. The van der Waals surface area contributed by atoms with Crippen molar-refractivity contribution in [3.63, 3.8) is 0 Å². The Morgan fingerprint density at radius 1 is 1.00 bits per heavy atom. The predicted octanol–water partition coefficient (Wildman–Crippen LogP) is 3.88. The summed E-state index contributed by atoms with van der Waals surface area (Å²) in [6, 6.07) is 11.0. The Balaban J connectivity index is 1.71. The summed E-state index contributed by atoms with van der Waals surface area (Å²) in [6.07, 6.45) is 4.41. The first-order valence-electron chi connectivity index (χ1n) is 7.50. The van der Waals surface area contributed by atoms with Crippen LogP contribution in [-0.4, -0.2) is 24.9 Å². The van der Waals surface area contributed by atoms with Crippen LogP contribution in [0.4, 0.5) is 28.1 Å². The van der Waals surface area contributed by atoms with Gasteiger partial charge in [0.15, 0.2) is 5.13 Å². The van der Waals surface area contributed by atoms with Crippen molar-refractivity contribution in [1.29, 1.82) is 0 Å². The van der Waals surface area contributed by atoms with E-state index in [0.29, 0.717) is 10.8 Å². The van der Waals surface area contributed by atoms with E-state index in [1.54, 1.807) is 24.5 Å². The van der Waals surface area contributed by atoms with E-state index in [1.807, 2.05) is 24.3 Å². The molecule has 0 aliphatic carbocycles. The average Bonchev–Trinajstić information content (AvgIpc) is 3.05. The number of pyridine rings is 1. The van der Waals surface area contributed by atoms with Crippen LogP contribution in [0.2, 0.25) is 0 Å². The zero-order valence-corrected chi connectivity index (χ0v) is 14.0. The standard InChI is InChI=1S/C16H11N7O2S/c24-23(25)13-14(20-10-5-7-17-8-6-10)18-9-19-15(13)22-16-21-11-3-1-2-4-12(11)26-16/h1-9H,(H2,17,18,19,20,21,22). The molecular formula is C16H11N7O2S.